The average molecular weight is 365 g/mol. The van der Waals surface area contributed by atoms with E-state index < -0.39 is 0 Å². The summed E-state index contributed by atoms with van der Waals surface area (Å²) in [5, 5.41) is 0. The van der Waals surface area contributed by atoms with E-state index in [1.807, 2.05) is 0 Å². The van der Waals surface area contributed by atoms with Crippen molar-refractivity contribution in [3.8, 4) is 0 Å². The van der Waals surface area contributed by atoms with Gasteiger partial charge in [0.05, 0.1) is 0 Å². The number of piperidine rings is 1. The maximum Gasteiger partial charge on any atom is 0.135 e. The van der Waals surface area contributed by atoms with E-state index in [1.165, 1.54) is 30.4 Å². The number of benzene rings is 2. The number of ketones is 1. The molecule has 1 heterocycles. The molecule has 3 rings (SSSR count). The van der Waals surface area contributed by atoms with Crippen molar-refractivity contribution in [2.45, 2.75) is 45.2 Å². The largest absolute Gasteiger partial charge is 0.302 e. The fourth-order valence-corrected chi connectivity index (χ4v) is 3.77. The van der Waals surface area contributed by atoms with E-state index in [9.17, 15) is 4.79 Å². The van der Waals surface area contributed by atoms with Gasteiger partial charge >= 0.3 is 0 Å². The highest BCUT2D eigenvalue weighted by Gasteiger charge is 2.15. The van der Waals surface area contributed by atoms with Crippen LogP contribution in [-0.2, 0) is 17.9 Å². The summed E-state index contributed by atoms with van der Waals surface area (Å²) < 4.78 is 0. The molecule has 2 aromatic rings. The molecule has 27 heavy (non-hydrogen) atoms. The summed E-state index contributed by atoms with van der Waals surface area (Å²) >= 11 is 0. The zero-order valence-corrected chi connectivity index (χ0v) is 16.4. The lowest BCUT2D eigenvalue weighted by Gasteiger charge is -2.26. The number of Topliss-reactive ketones (excluding diaryl/α,β-unsaturated/α-hetero) is 1. The van der Waals surface area contributed by atoms with Gasteiger partial charge in [0.1, 0.15) is 5.78 Å². The molecule has 0 atom stereocenters. The van der Waals surface area contributed by atoms with Crippen molar-refractivity contribution in [1.29, 1.82) is 0 Å². The van der Waals surface area contributed by atoms with Crippen LogP contribution in [0.15, 0.2) is 60.7 Å². The molecule has 144 valence electrons. The first-order valence-corrected chi connectivity index (χ1v) is 10.3. The minimum absolute atomic E-state index is 0.434. The van der Waals surface area contributed by atoms with Crippen molar-refractivity contribution in [2.24, 2.45) is 0 Å². The molecule has 0 saturated carbocycles. The Morgan fingerprint density at radius 1 is 0.741 bits per heavy atom. The topological polar surface area (TPSA) is 23.6 Å². The highest BCUT2D eigenvalue weighted by Crippen LogP contribution is 2.12. The van der Waals surface area contributed by atoms with Crippen molar-refractivity contribution >= 4 is 5.78 Å². The molecule has 0 bridgehead atoms. The van der Waals surface area contributed by atoms with Crippen LogP contribution in [0.5, 0.6) is 0 Å². The number of hydrogen-bond donors (Lipinski definition) is 0. The van der Waals surface area contributed by atoms with Crippen LogP contribution in [0, 0.1) is 0 Å². The minimum atomic E-state index is 0.434. The molecule has 3 nitrogen and oxygen atoms in total. The number of nitrogens with zero attached hydrogens (tertiary/aromatic N) is 2. The lowest BCUT2D eigenvalue weighted by molar-refractivity contribution is -0.121. The Labute approximate surface area is 164 Å². The highest BCUT2D eigenvalue weighted by molar-refractivity contribution is 5.79. The fourth-order valence-electron chi connectivity index (χ4n) is 3.77. The van der Waals surface area contributed by atoms with E-state index >= 15 is 0 Å². The Morgan fingerprint density at radius 2 is 1.30 bits per heavy atom. The molecular formula is C24H32N2O. The average Bonchev–Trinajstić information content (AvgIpc) is 2.70. The molecule has 1 fully saturated rings. The first kappa shape index (κ1) is 19.8. The van der Waals surface area contributed by atoms with Gasteiger partial charge in [-0.1, -0.05) is 67.1 Å². The normalized spacial score (nSPS) is 15.4. The lowest BCUT2D eigenvalue weighted by Crippen LogP contribution is -2.34. The summed E-state index contributed by atoms with van der Waals surface area (Å²) in [4.78, 5) is 16.3. The summed E-state index contributed by atoms with van der Waals surface area (Å²) in [7, 11) is 0. The monoisotopic (exact) mass is 364 g/mol. The van der Waals surface area contributed by atoms with Crippen LogP contribution in [0.1, 0.15) is 43.2 Å². The van der Waals surface area contributed by atoms with E-state index in [0.29, 0.717) is 5.78 Å². The first-order chi connectivity index (χ1) is 13.3. The van der Waals surface area contributed by atoms with E-state index in [1.54, 1.807) is 0 Å². The predicted octanol–water partition coefficient (Wildman–Crippen LogP) is 4.52. The summed E-state index contributed by atoms with van der Waals surface area (Å²) in [5.41, 5.74) is 2.76. The summed E-state index contributed by atoms with van der Waals surface area (Å²) in [6, 6.07) is 21.5. The Kier molecular flexibility index (Phi) is 8.06. The summed E-state index contributed by atoms with van der Waals surface area (Å²) in [5.74, 6) is 0.434. The fraction of sp³-hybridized carbons (Fsp3) is 0.458. The Balaban J connectivity index is 1.42. The molecule has 1 saturated heterocycles. The molecule has 1 aliphatic rings. The number of unbranched alkanes of at least 4 members (excludes halogenated alkanes) is 2. The number of likely N-dealkylation sites (tertiary alicyclic amines) is 1. The molecule has 0 amide bonds. The third-order valence-electron chi connectivity index (χ3n) is 5.36. The molecular weight excluding hydrogens is 332 g/mol. The second kappa shape index (κ2) is 11.0. The zero-order valence-electron chi connectivity index (χ0n) is 16.4. The van der Waals surface area contributed by atoms with Gasteiger partial charge in [0.15, 0.2) is 0 Å². The summed E-state index contributed by atoms with van der Waals surface area (Å²) in [6.45, 7) is 6.21. The minimum Gasteiger partial charge on any atom is -0.302 e. The van der Waals surface area contributed by atoms with Crippen LogP contribution < -0.4 is 0 Å². The van der Waals surface area contributed by atoms with Crippen LogP contribution in [0.25, 0.3) is 0 Å². The number of hydrogen-bond acceptors (Lipinski definition) is 3. The van der Waals surface area contributed by atoms with E-state index in [0.717, 1.165) is 52.1 Å². The quantitative estimate of drug-likeness (QED) is 0.579. The molecule has 2 aromatic carbocycles. The van der Waals surface area contributed by atoms with Gasteiger partial charge in [0.2, 0.25) is 0 Å². The Morgan fingerprint density at radius 3 is 1.85 bits per heavy atom. The van der Waals surface area contributed by atoms with Crippen molar-refractivity contribution < 1.29 is 4.79 Å². The SMILES string of the molecule is O=C1CCN(CCCCCN(Cc2ccccc2)Cc2ccccc2)CC1. The molecule has 0 radical (unpaired) electrons. The summed E-state index contributed by atoms with van der Waals surface area (Å²) in [6.07, 6.45) is 5.22. The van der Waals surface area contributed by atoms with Crippen LogP contribution >= 0.6 is 0 Å². The zero-order chi connectivity index (χ0) is 18.7. The molecule has 0 aromatic heterocycles. The van der Waals surface area contributed by atoms with Crippen LogP contribution in [-0.4, -0.2) is 41.8 Å². The van der Waals surface area contributed by atoms with Gasteiger partial charge in [-0.3, -0.25) is 9.69 Å². The number of carbonyl (C=O) groups excluding carboxylic acids is 1. The smallest absolute Gasteiger partial charge is 0.135 e. The Bertz CT molecular complexity index is 620. The molecule has 0 aliphatic carbocycles. The molecule has 3 heteroatoms. The lowest BCUT2D eigenvalue weighted by atomic mass is 10.1. The van der Waals surface area contributed by atoms with Gasteiger partial charge in [-0.25, -0.2) is 0 Å². The van der Waals surface area contributed by atoms with Gasteiger partial charge in [0.25, 0.3) is 0 Å². The maximum atomic E-state index is 11.3. The third kappa shape index (κ3) is 7.28. The second-order valence-electron chi connectivity index (χ2n) is 7.62. The number of rotatable bonds is 10. The molecule has 0 unspecified atom stereocenters. The van der Waals surface area contributed by atoms with Crippen LogP contribution in [0.2, 0.25) is 0 Å². The van der Waals surface area contributed by atoms with Gasteiger partial charge in [-0.05, 0) is 37.1 Å². The number of carbonyl (C=O) groups is 1. The third-order valence-corrected chi connectivity index (χ3v) is 5.36. The second-order valence-corrected chi connectivity index (χ2v) is 7.62. The molecule has 1 aliphatic heterocycles. The van der Waals surface area contributed by atoms with E-state index in [-0.39, 0.29) is 0 Å². The van der Waals surface area contributed by atoms with E-state index in [2.05, 4.69) is 70.5 Å². The van der Waals surface area contributed by atoms with Crippen molar-refractivity contribution in [1.82, 2.24) is 9.80 Å². The van der Waals surface area contributed by atoms with E-state index in [4.69, 9.17) is 0 Å². The standard InChI is InChI=1S/C24H32N2O/c27-24-14-18-25(19-15-24)16-8-3-9-17-26(20-22-10-4-1-5-11-22)21-23-12-6-2-7-13-23/h1-2,4-7,10-13H,3,8-9,14-21H2. The van der Waals surface area contributed by atoms with Gasteiger partial charge in [-0.15, -0.1) is 0 Å². The first-order valence-electron chi connectivity index (χ1n) is 10.3. The van der Waals surface area contributed by atoms with Gasteiger partial charge in [-0.2, -0.15) is 0 Å². The van der Waals surface area contributed by atoms with Gasteiger partial charge < -0.3 is 4.90 Å². The van der Waals surface area contributed by atoms with Gasteiger partial charge in [0, 0.05) is 39.0 Å². The molecule has 0 spiro atoms. The molecule has 0 N–H and O–H groups in total. The van der Waals surface area contributed by atoms with Crippen molar-refractivity contribution in [3.05, 3.63) is 71.8 Å². The predicted molar refractivity (Wildman–Crippen MR) is 112 cm³/mol. The highest BCUT2D eigenvalue weighted by atomic mass is 16.1. The maximum absolute atomic E-state index is 11.3. The van der Waals surface area contributed by atoms with Crippen molar-refractivity contribution in [3.63, 3.8) is 0 Å². The Hall–Kier alpha value is -1.97. The van der Waals surface area contributed by atoms with Crippen LogP contribution in [0.3, 0.4) is 0 Å². The van der Waals surface area contributed by atoms with Crippen molar-refractivity contribution in [2.75, 3.05) is 26.2 Å². The van der Waals surface area contributed by atoms with Crippen LogP contribution in [0.4, 0.5) is 0 Å².